The molecule has 0 bridgehead atoms. The topological polar surface area (TPSA) is 50.8 Å². The molecule has 0 aliphatic rings. The predicted molar refractivity (Wildman–Crippen MR) is 123 cm³/mol. The Morgan fingerprint density at radius 2 is 1.97 bits per heavy atom. The van der Waals surface area contributed by atoms with E-state index in [2.05, 4.69) is 17.7 Å². The number of hydrazone groups is 1. The van der Waals surface area contributed by atoms with Crippen molar-refractivity contribution in [2.75, 3.05) is 20.2 Å². The number of rotatable bonds is 8. The van der Waals surface area contributed by atoms with Crippen molar-refractivity contribution in [3.8, 4) is 5.75 Å². The summed E-state index contributed by atoms with van der Waals surface area (Å²) in [6.07, 6.45) is 2.00. The third kappa shape index (κ3) is 6.27. The Morgan fingerprint density at radius 3 is 2.55 bits per heavy atom. The van der Waals surface area contributed by atoms with Gasteiger partial charge in [0.05, 0.1) is 23.7 Å². The third-order valence-electron chi connectivity index (χ3n) is 4.19. The van der Waals surface area contributed by atoms with Gasteiger partial charge in [-0.3, -0.25) is 5.01 Å². The molecule has 0 radical (unpaired) electrons. The zero-order valence-electron chi connectivity index (χ0n) is 16.7. The molecule has 2 N–H and O–H groups in total. The maximum absolute atomic E-state index is 14.0. The molecule has 0 spiro atoms. The molecule has 0 heterocycles. The maximum Gasteiger partial charge on any atom is 0.155 e. The molecule has 2 rings (SSSR count). The summed E-state index contributed by atoms with van der Waals surface area (Å²) in [4.78, 5) is 0. The molecule has 0 saturated carbocycles. The van der Waals surface area contributed by atoms with E-state index in [0.717, 1.165) is 22.5 Å². The normalized spacial score (nSPS) is 12.8. The van der Waals surface area contributed by atoms with Crippen molar-refractivity contribution in [3.05, 3.63) is 81.5 Å². The van der Waals surface area contributed by atoms with Gasteiger partial charge in [-0.25, -0.2) is 4.39 Å². The van der Waals surface area contributed by atoms with Crippen molar-refractivity contribution in [1.82, 2.24) is 5.01 Å². The van der Waals surface area contributed by atoms with Gasteiger partial charge in [-0.2, -0.15) is 17.7 Å². The molecule has 2 aromatic rings. The number of thiol groups is 1. The van der Waals surface area contributed by atoms with E-state index in [1.807, 2.05) is 44.2 Å². The molecule has 0 aliphatic heterocycles. The van der Waals surface area contributed by atoms with Crippen LogP contribution in [-0.4, -0.2) is 31.0 Å². The smallest absolute Gasteiger partial charge is 0.155 e. The van der Waals surface area contributed by atoms with Crippen molar-refractivity contribution >= 4 is 35.6 Å². The number of ether oxygens (including phenoxy) is 1. The average Bonchev–Trinajstić information content (AvgIpc) is 2.68. The van der Waals surface area contributed by atoms with Gasteiger partial charge in [0.15, 0.2) is 5.84 Å². The number of allylic oxidation sites excluding steroid dienone is 2. The first-order valence-electron chi connectivity index (χ1n) is 9.11. The Kier molecular flexibility index (Phi) is 8.61. The summed E-state index contributed by atoms with van der Waals surface area (Å²) < 4.78 is 19.5. The van der Waals surface area contributed by atoms with Crippen molar-refractivity contribution in [1.29, 1.82) is 0 Å². The molecule has 0 aliphatic carbocycles. The van der Waals surface area contributed by atoms with E-state index in [1.54, 1.807) is 23.5 Å². The van der Waals surface area contributed by atoms with Crippen LogP contribution in [0, 0.1) is 5.82 Å². The number of amidine groups is 1. The highest BCUT2D eigenvalue weighted by atomic mass is 35.5. The van der Waals surface area contributed by atoms with Crippen LogP contribution in [-0.2, 0) is 0 Å². The zero-order valence-corrected chi connectivity index (χ0v) is 18.3. The molecule has 0 aromatic heterocycles. The van der Waals surface area contributed by atoms with Crippen molar-refractivity contribution in [2.45, 2.75) is 13.8 Å². The molecular weight excluding hydrogens is 409 g/mol. The lowest BCUT2D eigenvalue weighted by molar-refractivity contribution is 0.340. The number of likely N-dealkylation sites (N-methyl/N-ethyl adjacent to an activating group) is 1. The fourth-order valence-corrected chi connectivity index (χ4v) is 3.31. The molecule has 29 heavy (non-hydrogen) atoms. The number of nitrogens with two attached hydrogens (primary N) is 1. The highest BCUT2D eigenvalue weighted by Gasteiger charge is 2.11. The van der Waals surface area contributed by atoms with Crippen molar-refractivity contribution in [2.24, 2.45) is 10.8 Å². The van der Waals surface area contributed by atoms with Gasteiger partial charge in [0, 0.05) is 7.05 Å². The number of benzene rings is 2. The Balaban J connectivity index is 2.12. The van der Waals surface area contributed by atoms with E-state index in [1.165, 1.54) is 12.1 Å². The average molecular weight is 434 g/mol. The molecule has 0 saturated heterocycles. The molecule has 2 aromatic carbocycles. The van der Waals surface area contributed by atoms with Crippen LogP contribution in [0.25, 0.3) is 5.57 Å². The Labute approximate surface area is 181 Å². The van der Waals surface area contributed by atoms with E-state index >= 15 is 0 Å². The first-order valence-corrected chi connectivity index (χ1v) is 10.0. The van der Waals surface area contributed by atoms with Crippen LogP contribution in [0.2, 0.25) is 5.02 Å². The van der Waals surface area contributed by atoms with Gasteiger partial charge in [-0.15, -0.1) is 0 Å². The quantitative estimate of drug-likeness (QED) is 0.194. The number of nitrogens with zero attached hydrogens (tertiary/aromatic N) is 2. The first-order chi connectivity index (χ1) is 13.9. The minimum atomic E-state index is -0.505. The van der Waals surface area contributed by atoms with Crippen LogP contribution < -0.4 is 10.5 Å². The van der Waals surface area contributed by atoms with Crippen LogP contribution in [0.15, 0.2) is 64.6 Å². The molecule has 0 atom stereocenters. The van der Waals surface area contributed by atoms with E-state index < -0.39 is 5.82 Å². The van der Waals surface area contributed by atoms with Crippen molar-refractivity contribution in [3.63, 3.8) is 0 Å². The summed E-state index contributed by atoms with van der Waals surface area (Å²) in [7, 11) is 1.76. The lowest BCUT2D eigenvalue weighted by Gasteiger charge is -2.15. The summed E-state index contributed by atoms with van der Waals surface area (Å²) in [6, 6.07) is 12.2. The van der Waals surface area contributed by atoms with Gasteiger partial charge in [0.2, 0.25) is 0 Å². The van der Waals surface area contributed by atoms with Gasteiger partial charge >= 0.3 is 0 Å². The van der Waals surface area contributed by atoms with E-state index in [0.29, 0.717) is 13.2 Å². The molecule has 0 fully saturated rings. The van der Waals surface area contributed by atoms with Gasteiger partial charge in [-0.05, 0) is 60.2 Å². The molecule has 154 valence electrons. The molecular formula is C22H25ClFN3OS. The predicted octanol–water partition coefficient (Wildman–Crippen LogP) is 5.35. The summed E-state index contributed by atoms with van der Waals surface area (Å²) in [6.45, 7) is 5.04. The Morgan fingerprint density at radius 1 is 1.28 bits per heavy atom. The fourth-order valence-electron chi connectivity index (χ4n) is 2.70. The van der Waals surface area contributed by atoms with Gasteiger partial charge < -0.3 is 10.5 Å². The second kappa shape index (κ2) is 10.9. The first kappa shape index (κ1) is 22.8. The standard InChI is InChI=1S/C22H25ClFN3OS/c1-4-28-17-10-8-16(9-11-17)18(14-29)15(2)12-13-27(3)26-22(25)21-19(23)6-5-7-20(21)24/h5-12,14,29H,4,13H2,1-3H3,(H2,25,26)/b15-12+,18-14+. The lowest BCUT2D eigenvalue weighted by Crippen LogP contribution is -2.22. The number of hydrogen-bond acceptors (Lipinski definition) is 4. The van der Waals surface area contributed by atoms with Gasteiger partial charge in [-0.1, -0.05) is 35.9 Å². The molecule has 0 amide bonds. The minimum Gasteiger partial charge on any atom is -0.494 e. The summed E-state index contributed by atoms with van der Waals surface area (Å²) in [5.74, 6) is 0.348. The second-order valence-electron chi connectivity index (χ2n) is 6.31. The molecule has 7 heteroatoms. The molecule has 0 unspecified atom stereocenters. The third-order valence-corrected chi connectivity index (χ3v) is 4.76. The van der Waals surface area contributed by atoms with E-state index in [4.69, 9.17) is 22.1 Å². The lowest BCUT2D eigenvalue weighted by atomic mass is 10.0. The van der Waals surface area contributed by atoms with Crippen LogP contribution in [0.1, 0.15) is 25.0 Å². The monoisotopic (exact) mass is 433 g/mol. The van der Waals surface area contributed by atoms with E-state index in [9.17, 15) is 4.39 Å². The van der Waals surface area contributed by atoms with Crippen molar-refractivity contribution < 1.29 is 9.13 Å². The van der Waals surface area contributed by atoms with Gasteiger partial charge in [0.25, 0.3) is 0 Å². The number of hydrogen-bond donors (Lipinski definition) is 2. The summed E-state index contributed by atoms with van der Waals surface area (Å²) in [5, 5.41) is 7.84. The summed E-state index contributed by atoms with van der Waals surface area (Å²) in [5.41, 5.74) is 9.09. The highest BCUT2D eigenvalue weighted by Crippen LogP contribution is 2.26. The number of halogens is 2. The van der Waals surface area contributed by atoms with Crippen LogP contribution >= 0.6 is 24.2 Å². The second-order valence-corrected chi connectivity index (χ2v) is 6.97. The fraction of sp³-hybridized carbons (Fsp3) is 0.227. The van der Waals surface area contributed by atoms with Crippen LogP contribution in [0.3, 0.4) is 0 Å². The molecule has 4 nitrogen and oxygen atoms in total. The summed E-state index contributed by atoms with van der Waals surface area (Å²) >= 11 is 10.4. The van der Waals surface area contributed by atoms with Crippen LogP contribution in [0.4, 0.5) is 4.39 Å². The van der Waals surface area contributed by atoms with Gasteiger partial charge in [0.1, 0.15) is 11.6 Å². The minimum absolute atomic E-state index is 0.0260. The largest absolute Gasteiger partial charge is 0.494 e. The van der Waals surface area contributed by atoms with E-state index in [-0.39, 0.29) is 16.4 Å². The maximum atomic E-state index is 14.0. The van der Waals surface area contributed by atoms with Crippen LogP contribution in [0.5, 0.6) is 5.75 Å². The Bertz CT molecular complexity index is 906. The Hall–Kier alpha value is -2.44. The highest BCUT2D eigenvalue weighted by molar-refractivity contribution is 7.83. The SMILES string of the molecule is CCOc1ccc(C(=C/S)/C(C)=C/CN(C)/N=C(\N)c2c(F)cccc2Cl)cc1. The zero-order chi connectivity index (χ0) is 21.4.